The summed E-state index contributed by atoms with van der Waals surface area (Å²) in [5.74, 6) is 1.31. The minimum atomic E-state index is 0.0441. The lowest BCUT2D eigenvalue weighted by Gasteiger charge is -2.32. The number of likely N-dealkylation sites (tertiary alicyclic amines) is 1. The maximum atomic E-state index is 11.6. The van der Waals surface area contributed by atoms with Gasteiger partial charge >= 0.3 is 0 Å². The average Bonchev–Trinajstić information content (AvgIpc) is 2.46. The molecular weight excluding hydrogens is 228 g/mol. The molecule has 1 aliphatic rings. The Morgan fingerprint density at radius 2 is 2.50 bits per heavy atom. The van der Waals surface area contributed by atoms with Crippen LogP contribution in [0.3, 0.4) is 0 Å². The maximum Gasteiger partial charge on any atom is 0.236 e. The number of carbonyl (C=O) groups excluding carboxylic acids is 1. The highest BCUT2D eigenvalue weighted by molar-refractivity contribution is 5.78. The molecule has 98 valence electrons. The first-order valence-corrected chi connectivity index (χ1v) is 6.36. The smallest absolute Gasteiger partial charge is 0.236 e. The Labute approximate surface area is 107 Å². The normalized spacial score (nSPS) is 19.7. The number of pyridine rings is 1. The van der Waals surface area contributed by atoms with E-state index in [0.717, 1.165) is 31.7 Å². The summed E-state index contributed by atoms with van der Waals surface area (Å²) in [7, 11) is 1.86. The number of nitrogens with one attached hydrogen (secondary N) is 1. The summed E-state index contributed by atoms with van der Waals surface area (Å²) in [4.78, 5) is 17.7. The standard InChI is InChI=1S/C13H20N4O/c1-15-12-7-10(4-5-16-12)11-3-2-6-17(9-11)13(18)8-14/h4-5,7,11H,2-3,6,8-9,14H2,1H3,(H,15,16)/t11-/m1/s1. The summed E-state index contributed by atoms with van der Waals surface area (Å²) in [6.07, 6.45) is 3.96. The summed E-state index contributed by atoms with van der Waals surface area (Å²) >= 11 is 0. The number of piperidine rings is 1. The van der Waals surface area contributed by atoms with Gasteiger partial charge in [0, 0.05) is 32.3 Å². The first-order valence-electron chi connectivity index (χ1n) is 6.36. The van der Waals surface area contributed by atoms with Gasteiger partial charge in [-0.15, -0.1) is 0 Å². The van der Waals surface area contributed by atoms with Crippen LogP contribution in [-0.4, -0.2) is 42.5 Å². The van der Waals surface area contributed by atoms with Crippen molar-refractivity contribution >= 4 is 11.7 Å². The van der Waals surface area contributed by atoms with E-state index in [-0.39, 0.29) is 12.5 Å². The molecule has 0 radical (unpaired) electrons. The third kappa shape index (κ3) is 2.79. The molecule has 1 aliphatic heterocycles. The van der Waals surface area contributed by atoms with E-state index in [9.17, 15) is 4.79 Å². The summed E-state index contributed by atoms with van der Waals surface area (Å²) in [6, 6.07) is 4.09. The monoisotopic (exact) mass is 248 g/mol. The Bertz CT molecular complexity index is 421. The van der Waals surface area contributed by atoms with Gasteiger partial charge in [-0.1, -0.05) is 0 Å². The molecule has 3 N–H and O–H groups in total. The van der Waals surface area contributed by atoms with Gasteiger partial charge in [0.2, 0.25) is 5.91 Å². The van der Waals surface area contributed by atoms with Gasteiger partial charge in [-0.25, -0.2) is 4.98 Å². The highest BCUT2D eigenvalue weighted by atomic mass is 16.2. The molecule has 5 nitrogen and oxygen atoms in total. The largest absolute Gasteiger partial charge is 0.373 e. The Balaban J connectivity index is 2.10. The summed E-state index contributed by atoms with van der Waals surface area (Å²) in [5.41, 5.74) is 6.66. The predicted octanol–water partition coefficient (Wildman–Crippen LogP) is 0.788. The van der Waals surface area contributed by atoms with Gasteiger partial charge in [0.25, 0.3) is 0 Å². The number of carbonyl (C=O) groups is 1. The number of hydrogen-bond acceptors (Lipinski definition) is 4. The van der Waals surface area contributed by atoms with Gasteiger partial charge in [-0.05, 0) is 30.5 Å². The molecule has 1 amide bonds. The number of rotatable bonds is 3. The molecule has 0 unspecified atom stereocenters. The molecule has 0 spiro atoms. The van der Waals surface area contributed by atoms with E-state index in [2.05, 4.69) is 16.4 Å². The molecule has 1 saturated heterocycles. The Hall–Kier alpha value is -1.62. The zero-order valence-electron chi connectivity index (χ0n) is 10.7. The van der Waals surface area contributed by atoms with Crippen LogP contribution in [-0.2, 0) is 4.79 Å². The number of aromatic nitrogens is 1. The molecule has 0 saturated carbocycles. The molecule has 1 aromatic heterocycles. The van der Waals surface area contributed by atoms with Gasteiger partial charge in [0.05, 0.1) is 6.54 Å². The lowest BCUT2D eigenvalue weighted by atomic mass is 9.91. The van der Waals surface area contributed by atoms with Crippen molar-refractivity contribution in [1.82, 2.24) is 9.88 Å². The molecule has 0 aliphatic carbocycles. The third-order valence-corrected chi connectivity index (χ3v) is 3.46. The molecule has 18 heavy (non-hydrogen) atoms. The molecule has 2 heterocycles. The minimum Gasteiger partial charge on any atom is -0.373 e. The molecule has 5 heteroatoms. The van der Waals surface area contributed by atoms with Crippen LogP contribution >= 0.6 is 0 Å². The minimum absolute atomic E-state index is 0.0441. The summed E-state index contributed by atoms with van der Waals surface area (Å²) < 4.78 is 0. The van der Waals surface area contributed by atoms with Crippen molar-refractivity contribution in [3.8, 4) is 0 Å². The van der Waals surface area contributed by atoms with Crippen LogP contribution in [0.5, 0.6) is 0 Å². The van der Waals surface area contributed by atoms with Gasteiger partial charge in [-0.3, -0.25) is 4.79 Å². The van der Waals surface area contributed by atoms with E-state index in [0.29, 0.717) is 5.92 Å². The van der Waals surface area contributed by atoms with Crippen LogP contribution in [0, 0.1) is 0 Å². The second-order valence-corrected chi connectivity index (χ2v) is 4.61. The van der Waals surface area contributed by atoms with Crippen LogP contribution in [0.2, 0.25) is 0 Å². The van der Waals surface area contributed by atoms with Crippen LogP contribution in [0.4, 0.5) is 5.82 Å². The van der Waals surface area contributed by atoms with Crippen molar-refractivity contribution in [3.63, 3.8) is 0 Å². The fourth-order valence-electron chi connectivity index (χ4n) is 2.44. The average molecular weight is 248 g/mol. The van der Waals surface area contributed by atoms with Crippen molar-refractivity contribution in [3.05, 3.63) is 23.9 Å². The van der Waals surface area contributed by atoms with E-state index >= 15 is 0 Å². The topological polar surface area (TPSA) is 71.2 Å². The summed E-state index contributed by atoms with van der Waals surface area (Å²) in [5, 5.41) is 3.04. The number of hydrogen-bond donors (Lipinski definition) is 2. The third-order valence-electron chi connectivity index (χ3n) is 3.46. The van der Waals surface area contributed by atoms with E-state index in [1.807, 2.05) is 24.2 Å². The molecule has 1 atom stereocenters. The maximum absolute atomic E-state index is 11.6. The van der Waals surface area contributed by atoms with Crippen LogP contribution in [0.15, 0.2) is 18.3 Å². The molecule has 1 fully saturated rings. The number of anilines is 1. The Morgan fingerprint density at radius 3 is 3.22 bits per heavy atom. The zero-order chi connectivity index (χ0) is 13.0. The lowest BCUT2D eigenvalue weighted by molar-refractivity contribution is -0.130. The van der Waals surface area contributed by atoms with Crippen LogP contribution in [0.25, 0.3) is 0 Å². The highest BCUT2D eigenvalue weighted by Crippen LogP contribution is 2.27. The predicted molar refractivity (Wildman–Crippen MR) is 71.4 cm³/mol. The molecule has 2 rings (SSSR count). The summed E-state index contributed by atoms with van der Waals surface area (Å²) in [6.45, 7) is 1.70. The highest BCUT2D eigenvalue weighted by Gasteiger charge is 2.24. The quantitative estimate of drug-likeness (QED) is 0.829. The van der Waals surface area contributed by atoms with Gasteiger partial charge < -0.3 is 16.0 Å². The lowest BCUT2D eigenvalue weighted by Crippen LogP contribution is -2.42. The van der Waals surface area contributed by atoms with Crippen LogP contribution < -0.4 is 11.1 Å². The van der Waals surface area contributed by atoms with E-state index < -0.39 is 0 Å². The van der Waals surface area contributed by atoms with Gasteiger partial charge in [-0.2, -0.15) is 0 Å². The second kappa shape index (κ2) is 5.82. The molecular formula is C13H20N4O. The number of nitrogens with zero attached hydrogens (tertiary/aromatic N) is 2. The number of nitrogens with two attached hydrogens (primary N) is 1. The van der Waals surface area contributed by atoms with Crippen molar-refractivity contribution in [2.24, 2.45) is 5.73 Å². The molecule has 0 aromatic carbocycles. The van der Waals surface area contributed by atoms with E-state index in [4.69, 9.17) is 5.73 Å². The van der Waals surface area contributed by atoms with Crippen molar-refractivity contribution in [1.29, 1.82) is 0 Å². The second-order valence-electron chi connectivity index (χ2n) is 4.61. The first-order chi connectivity index (χ1) is 8.74. The SMILES string of the molecule is CNc1cc([C@@H]2CCCN(C(=O)CN)C2)ccn1. The van der Waals surface area contributed by atoms with E-state index in [1.165, 1.54) is 5.56 Å². The fourth-order valence-corrected chi connectivity index (χ4v) is 2.44. The van der Waals surface area contributed by atoms with Gasteiger partial charge in [0.1, 0.15) is 5.82 Å². The Morgan fingerprint density at radius 1 is 1.67 bits per heavy atom. The van der Waals surface area contributed by atoms with E-state index in [1.54, 1.807) is 0 Å². The molecule has 0 bridgehead atoms. The van der Waals surface area contributed by atoms with Crippen LogP contribution in [0.1, 0.15) is 24.3 Å². The van der Waals surface area contributed by atoms with Crippen molar-refractivity contribution in [2.75, 3.05) is 32.0 Å². The fraction of sp³-hybridized carbons (Fsp3) is 0.538. The zero-order valence-corrected chi connectivity index (χ0v) is 10.7. The van der Waals surface area contributed by atoms with Gasteiger partial charge in [0.15, 0.2) is 0 Å². The number of amides is 1. The van der Waals surface area contributed by atoms with Crippen molar-refractivity contribution < 1.29 is 4.79 Å². The Kier molecular flexibility index (Phi) is 4.15. The first kappa shape index (κ1) is 12.8. The van der Waals surface area contributed by atoms with Crippen molar-refractivity contribution in [2.45, 2.75) is 18.8 Å². The molecule has 1 aromatic rings.